The van der Waals surface area contributed by atoms with Gasteiger partial charge in [0.1, 0.15) is 34.5 Å². The maximum atomic E-state index is 15.4. The lowest BCUT2D eigenvalue weighted by Crippen LogP contribution is -2.27. The van der Waals surface area contributed by atoms with Gasteiger partial charge in [0.25, 0.3) is 5.91 Å². The number of carbonyl (C=O) groups is 4. The van der Waals surface area contributed by atoms with E-state index in [9.17, 15) is 24.3 Å². The van der Waals surface area contributed by atoms with E-state index >= 15 is 4.57 Å². The Morgan fingerprint density at radius 3 is 1.89 bits per heavy atom. The Labute approximate surface area is 365 Å². The molecule has 0 saturated heterocycles. The molecule has 1 heterocycles. The minimum Gasteiger partial charge on any atom is -0.508 e. The van der Waals surface area contributed by atoms with Gasteiger partial charge in [-0.05, 0) is 138 Å². The topological polar surface area (TPSA) is 164 Å². The highest BCUT2D eigenvalue weighted by Crippen LogP contribution is 2.55. The average molecular weight is 868 g/mol. The van der Waals surface area contributed by atoms with Crippen molar-refractivity contribution in [3.05, 3.63) is 198 Å². The first-order chi connectivity index (χ1) is 31.0. The summed E-state index contributed by atoms with van der Waals surface area (Å²) in [6.45, 7) is 0. The molecule has 1 aliphatic heterocycles. The largest absolute Gasteiger partial charge is 0.508 e. The number of fused-ring (bicyclic) bond motifs is 4. The van der Waals surface area contributed by atoms with Gasteiger partial charge >= 0.3 is 25.3 Å². The number of nitrogens with one attached hydrogen (secondary N) is 1. The van der Waals surface area contributed by atoms with Crippen LogP contribution in [0.2, 0.25) is 0 Å². The van der Waals surface area contributed by atoms with E-state index in [0.717, 1.165) is 16.3 Å². The number of hydrogen-bond donors (Lipinski definition) is 2. The number of amides is 1. The standard InChI is InChI=1S/C51H34NO11P/c1-59-39-21-16-31(17-22-39)49(55)61-41-25-26-45(47(30-41)64(58)46-12-5-3-10-43(46)42-9-2-4-11-44(42)63-64)62-51(57)36-8-6-7-35(28-36)50(56)60-40-23-18-37(19-24-40)52-48(54)34-14-13-33-29-38(53)20-15-32(33)27-34/h2-30,53H,1H3,(H,52,54). The minimum atomic E-state index is -4.12. The molecule has 1 unspecified atom stereocenters. The van der Waals surface area contributed by atoms with Crippen LogP contribution in [0.15, 0.2) is 176 Å². The summed E-state index contributed by atoms with van der Waals surface area (Å²) in [5, 5.41) is 14.4. The second-order valence-corrected chi connectivity index (χ2v) is 16.7. The highest BCUT2D eigenvalue weighted by Gasteiger charge is 2.41. The van der Waals surface area contributed by atoms with Gasteiger partial charge in [-0.15, -0.1) is 0 Å². The third-order valence-electron chi connectivity index (χ3n) is 10.4. The molecule has 0 fully saturated rings. The first-order valence-electron chi connectivity index (χ1n) is 19.7. The molecule has 8 aromatic rings. The van der Waals surface area contributed by atoms with E-state index < -0.39 is 25.3 Å². The van der Waals surface area contributed by atoms with E-state index in [4.69, 9.17) is 23.5 Å². The van der Waals surface area contributed by atoms with Crippen LogP contribution in [0.4, 0.5) is 5.69 Å². The summed E-state index contributed by atoms with van der Waals surface area (Å²) in [5.41, 5.74) is 2.49. The Balaban J connectivity index is 0.943. The van der Waals surface area contributed by atoms with Gasteiger partial charge in [0, 0.05) is 16.8 Å². The highest BCUT2D eigenvalue weighted by atomic mass is 31.2. The summed E-state index contributed by atoms with van der Waals surface area (Å²) in [7, 11) is -2.61. The minimum absolute atomic E-state index is 0.0124. The molecule has 0 spiro atoms. The molecule has 1 aliphatic rings. The summed E-state index contributed by atoms with van der Waals surface area (Å²) < 4.78 is 44.2. The van der Waals surface area contributed by atoms with Crippen molar-refractivity contribution in [1.82, 2.24) is 0 Å². The van der Waals surface area contributed by atoms with Gasteiger partial charge in [0.15, 0.2) is 0 Å². The van der Waals surface area contributed by atoms with Crippen molar-refractivity contribution in [2.24, 2.45) is 0 Å². The summed E-state index contributed by atoms with van der Waals surface area (Å²) in [5.74, 6) is -1.62. The van der Waals surface area contributed by atoms with Gasteiger partial charge in [0.2, 0.25) is 0 Å². The number of methoxy groups -OCH3 is 1. The zero-order chi connectivity index (χ0) is 44.4. The number of benzene rings is 8. The van der Waals surface area contributed by atoms with Crippen LogP contribution in [0, 0.1) is 0 Å². The number of ether oxygens (including phenoxy) is 4. The molecule has 1 atom stereocenters. The monoisotopic (exact) mass is 867 g/mol. The van der Waals surface area contributed by atoms with Crippen LogP contribution in [0.5, 0.6) is 34.5 Å². The molecule has 0 bridgehead atoms. The molecule has 8 aromatic carbocycles. The number of phenolic OH excluding ortho intramolecular Hbond substituents is 1. The SMILES string of the molecule is COc1ccc(C(=O)Oc2ccc(OC(=O)c3cccc(C(=O)Oc4ccc(NC(=O)c5ccc6cc(O)ccc6c5)cc4)c3)c(P3(=O)Oc4ccccc4-c4ccccc43)c2)cc1. The first-order valence-corrected chi connectivity index (χ1v) is 21.4. The van der Waals surface area contributed by atoms with Crippen LogP contribution >= 0.6 is 7.37 Å². The Kier molecular flexibility index (Phi) is 10.9. The van der Waals surface area contributed by atoms with Crippen molar-refractivity contribution in [2.75, 3.05) is 12.4 Å². The number of para-hydroxylation sites is 1. The molecule has 0 saturated carbocycles. The van der Waals surface area contributed by atoms with E-state index in [0.29, 0.717) is 33.6 Å². The summed E-state index contributed by atoms with van der Waals surface area (Å²) in [4.78, 5) is 53.4. The molecule has 0 radical (unpaired) electrons. The van der Waals surface area contributed by atoms with Crippen LogP contribution in [-0.2, 0) is 4.57 Å². The molecule has 13 heteroatoms. The Hall–Kier alpha value is -8.47. The van der Waals surface area contributed by atoms with Gasteiger partial charge in [-0.25, -0.2) is 14.4 Å². The first kappa shape index (κ1) is 40.9. The van der Waals surface area contributed by atoms with Gasteiger partial charge in [-0.2, -0.15) is 0 Å². The summed E-state index contributed by atoms with van der Waals surface area (Å²) >= 11 is 0. The Morgan fingerprint density at radius 2 is 1.12 bits per heavy atom. The smallest absolute Gasteiger partial charge is 0.343 e. The average Bonchev–Trinajstić information content (AvgIpc) is 3.32. The highest BCUT2D eigenvalue weighted by molar-refractivity contribution is 7.75. The van der Waals surface area contributed by atoms with Crippen LogP contribution in [-0.4, -0.2) is 36.0 Å². The third kappa shape index (κ3) is 8.28. The molecule has 64 heavy (non-hydrogen) atoms. The Bertz CT molecular complexity index is 3200. The normalized spacial score (nSPS) is 13.6. The van der Waals surface area contributed by atoms with Crippen molar-refractivity contribution in [3.8, 4) is 45.6 Å². The second kappa shape index (κ2) is 17.1. The quantitative estimate of drug-likeness (QED) is 0.0764. The van der Waals surface area contributed by atoms with E-state index in [1.807, 2.05) is 24.3 Å². The van der Waals surface area contributed by atoms with Gasteiger partial charge in [-0.3, -0.25) is 9.36 Å². The van der Waals surface area contributed by atoms with Crippen molar-refractivity contribution in [2.45, 2.75) is 0 Å². The predicted octanol–water partition coefficient (Wildman–Crippen LogP) is 9.75. The maximum absolute atomic E-state index is 15.4. The molecule has 2 N–H and O–H groups in total. The fourth-order valence-electron chi connectivity index (χ4n) is 7.15. The molecular weight excluding hydrogens is 834 g/mol. The van der Waals surface area contributed by atoms with Gasteiger partial charge in [-0.1, -0.05) is 54.6 Å². The van der Waals surface area contributed by atoms with Crippen LogP contribution < -0.4 is 39.4 Å². The van der Waals surface area contributed by atoms with Crippen molar-refractivity contribution in [1.29, 1.82) is 0 Å². The Morgan fingerprint density at radius 1 is 0.516 bits per heavy atom. The molecule has 12 nitrogen and oxygen atoms in total. The van der Waals surface area contributed by atoms with Crippen molar-refractivity contribution < 1.29 is 52.3 Å². The van der Waals surface area contributed by atoms with E-state index in [2.05, 4.69) is 5.32 Å². The maximum Gasteiger partial charge on any atom is 0.343 e. The number of anilines is 1. The predicted molar refractivity (Wildman–Crippen MR) is 240 cm³/mol. The number of rotatable bonds is 10. The molecule has 314 valence electrons. The zero-order valence-electron chi connectivity index (χ0n) is 33.7. The molecular formula is C51H34NO11P. The lowest BCUT2D eigenvalue weighted by Gasteiger charge is -2.29. The fourth-order valence-corrected chi connectivity index (χ4v) is 9.54. The second-order valence-electron chi connectivity index (χ2n) is 14.5. The lowest BCUT2D eigenvalue weighted by atomic mass is 10.0. The lowest BCUT2D eigenvalue weighted by molar-refractivity contribution is 0.0717. The third-order valence-corrected chi connectivity index (χ3v) is 12.8. The van der Waals surface area contributed by atoms with Crippen LogP contribution in [0.3, 0.4) is 0 Å². The number of carbonyl (C=O) groups excluding carboxylic acids is 4. The van der Waals surface area contributed by atoms with Crippen molar-refractivity contribution >= 4 is 58.3 Å². The van der Waals surface area contributed by atoms with Gasteiger partial charge in [0.05, 0.1) is 34.4 Å². The fraction of sp³-hybridized carbons (Fsp3) is 0.0196. The summed E-state index contributed by atoms with van der Waals surface area (Å²) in [6.07, 6.45) is 0. The number of hydrogen-bond acceptors (Lipinski definition) is 11. The van der Waals surface area contributed by atoms with E-state index in [-0.39, 0.29) is 50.9 Å². The number of aromatic hydroxyl groups is 1. The van der Waals surface area contributed by atoms with Crippen LogP contribution in [0.1, 0.15) is 41.4 Å². The van der Waals surface area contributed by atoms with Gasteiger partial charge < -0.3 is 33.9 Å². The molecule has 1 amide bonds. The van der Waals surface area contributed by atoms with E-state index in [1.165, 1.54) is 61.7 Å². The summed E-state index contributed by atoms with van der Waals surface area (Å²) in [6, 6.07) is 46.5. The molecule has 0 aromatic heterocycles. The zero-order valence-corrected chi connectivity index (χ0v) is 34.6. The van der Waals surface area contributed by atoms with E-state index in [1.54, 1.807) is 97.1 Å². The molecule has 0 aliphatic carbocycles. The van der Waals surface area contributed by atoms with Crippen LogP contribution in [0.25, 0.3) is 21.9 Å². The van der Waals surface area contributed by atoms with Crippen molar-refractivity contribution in [3.63, 3.8) is 0 Å². The number of phenols is 1. The molecule has 9 rings (SSSR count). The number of esters is 3.